The first-order valence-corrected chi connectivity index (χ1v) is 14.7. The standard InChI is InChI=1S/C27H52N2O3S2/c1-15-21(32-23(30)19(2)3)16-25(8,9)28(20(4)24(5,6)7)33-34-29-26(10,11)17-22(31-14)18-27(29,12)13/h20-22H,2,15-18H2,1,3-14H3. The van der Waals surface area contributed by atoms with Crippen molar-refractivity contribution in [3.05, 3.63) is 12.2 Å². The van der Waals surface area contributed by atoms with Crippen LogP contribution >= 0.6 is 22.0 Å². The van der Waals surface area contributed by atoms with E-state index in [2.05, 4.69) is 91.4 Å². The molecule has 0 amide bonds. The molecule has 0 radical (unpaired) electrons. The summed E-state index contributed by atoms with van der Waals surface area (Å²) in [5.74, 6) is -0.301. The van der Waals surface area contributed by atoms with Gasteiger partial charge in [0.2, 0.25) is 0 Å². The molecule has 0 bridgehead atoms. The van der Waals surface area contributed by atoms with Crippen molar-refractivity contribution >= 4 is 27.9 Å². The number of ether oxygens (including phenoxy) is 2. The van der Waals surface area contributed by atoms with Crippen molar-refractivity contribution in [3.63, 3.8) is 0 Å². The Balaban J connectivity index is 3.18. The minimum Gasteiger partial charge on any atom is -0.459 e. The molecule has 2 atom stereocenters. The molecule has 0 aromatic carbocycles. The Bertz CT molecular complexity index is 682. The molecule has 5 nitrogen and oxygen atoms in total. The van der Waals surface area contributed by atoms with Crippen LogP contribution in [-0.2, 0) is 14.3 Å². The van der Waals surface area contributed by atoms with Gasteiger partial charge in [0.25, 0.3) is 0 Å². The molecule has 2 unspecified atom stereocenters. The lowest BCUT2D eigenvalue weighted by Crippen LogP contribution is -2.59. The van der Waals surface area contributed by atoms with E-state index in [9.17, 15) is 4.79 Å². The van der Waals surface area contributed by atoms with Crippen molar-refractivity contribution in [2.24, 2.45) is 5.41 Å². The van der Waals surface area contributed by atoms with E-state index >= 15 is 0 Å². The van der Waals surface area contributed by atoms with E-state index in [1.165, 1.54) is 0 Å². The third kappa shape index (κ3) is 8.43. The van der Waals surface area contributed by atoms with E-state index in [0.29, 0.717) is 11.6 Å². The first-order valence-electron chi connectivity index (χ1n) is 12.6. The maximum absolute atomic E-state index is 12.2. The Kier molecular flexibility index (Phi) is 11.1. The summed E-state index contributed by atoms with van der Waals surface area (Å²) >= 11 is 0. The third-order valence-corrected chi connectivity index (χ3v) is 10.4. The molecule has 1 heterocycles. The molecule has 1 aliphatic rings. The number of methoxy groups -OCH3 is 1. The van der Waals surface area contributed by atoms with E-state index < -0.39 is 0 Å². The van der Waals surface area contributed by atoms with E-state index in [1.807, 2.05) is 29.1 Å². The number of hydrogen-bond donors (Lipinski definition) is 0. The van der Waals surface area contributed by atoms with Gasteiger partial charge in [-0.3, -0.25) is 0 Å². The number of piperidine rings is 1. The van der Waals surface area contributed by atoms with Crippen LogP contribution in [-0.4, -0.2) is 56.6 Å². The van der Waals surface area contributed by atoms with Gasteiger partial charge < -0.3 is 9.47 Å². The van der Waals surface area contributed by atoms with Gasteiger partial charge in [-0.15, -0.1) is 0 Å². The summed E-state index contributed by atoms with van der Waals surface area (Å²) in [5.41, 5.74) is 0.354. The van der Waals surface area contributed by atoms with Crippen LogP contribution in [0.15, 0.2) is 12.2 Å². The predicted molar refractivity (Wildman–Crippen MR) is 150 cm³/mol. The minimum absolute atomic E-state index is 0.00382. The number of nitrogens with zero attached hydrogens (tertiary/aromatic N) is 2. The fourth-order valence-corrected chi connectivity index (χ4v) is 8.85. The fraction of sp³-hybridized carbons (Fsp3) is 0.889. The topological polar surface area (TPSA) is 42.0 Å². The second kappa shape index (κ2) is 11.9. The fourth-order valence-electron chi connectivity index (χ4n) is 4.82. The smallest absolute Gasteiger partial charge is 0.333 e. The molecule has 1 aliphatic heterocycles. The maximum atomic E-state index is 12.2. The molecule has 1 rings (SSSR count). The summed E-state index contributed by atoms with van der Waals surface area (Å²) in [7, 11) is 5.52. The molecule has 0 aliphatic carbocycles. The van der Waals surface area contributed by atoms with Crippen molar-refractivity contribution in [1.29, 1.82) is 0 Å². The summed E-state index contributed by atoms with van der Waals surface area (Å²) in [5, 5.41) is 0. The van der Waals surface area contributed by atoms with Gasteiger partial charge in [0, 0.05) is 63.7 Å². The van der Waals surface area contributed by atoms with Crippen molar-refractivity contribution in [2.45, 2.75) is 144 Å². The molecule has 34 heavy (non-hydrogen) atoms. The van der Waals surface area contributed by atoms with Crippen LogP contribution in [0.25, 0.3) is 0 Å². The molecule has 0 saturated carbocycles. The van der Waals surface area contributed by atoms with Gasteiger partial charge in [-0.1, -0.05) is 34.3 Å². The number of hydrogen-bond acceptors (Lipinski definition) is 7. The molecule has 0 aromatic heterocycles. The van der Waals surface area contributed by atoms with E-state index in [4.69, 9.17) is 9.47 Å². The molecule has 7 heteroatoms. The van der Waals surface area contributed by atoms with Crippen molar-refractivity contribution in [3.8, 4) is 0 Å². The van der Waals surface area contributed by atoms with Crippen molar-refractivity contribution in [2.75, 3.05) is 7.11 Å². The second-order valence-corrected chi connectivity index (χ2v) is 14.9. The average Bonchev–Trinajstić information content (AvgIpc) is 2.66. The van der Waals surface area contributed by atoms with Gasteiger partial charge >= 0.3 is 5.97 Å². The third-order valence-electron chi connectivity index (χ3n) is 7.08. The Hall–Kier alpha value is -0.210. The van der Waals surface area contributed by atoms with Crippen LogP contribution in [0.4, 0.5) is 0 Å². The van der Waals surface area contributed by atoms with Gasteiger partial charge in [-0.2, -0.15) is 0 Å². The van der Waals surface area contributed by atoms with E-state index in [-0.39, 0.29) is 40.2 Å². The van der Waals surface area contributed by atoms with Crippen LogP contribution < -0.4 is 0 Å². The van der Waals surface area contributed by atoms with Gasteiger partial charge in [-0.25, -0.2) is 13.4 Å². The molecule has 200 valence electrons. The van der Waals surface area contributed by atoms with E-state index in [0.717, 1.165) is 25.7 Å². The van der Waals surface area contributed by atoms with Crippen LogP contribution in [0.2, 0.25) is 0 Å². The number of carbonyl (C=O) groups excluding carboxylic acids is 1. The lowest BCUT2D eigenvalue weighted by atomic mass is 9.81. The monoisotopic (exact) mass is 516 g/mol. The normalized spacial score (nSPS) is 21.4. The van der Waals surface area contributed by atoms with Gasteiger partial charge in [0.15, 0.2) is 0 Å². The summed E-state index contributed by atoms with van der Waals surface area (Å²) in [4.78, 5) is 12.2. The Morgan fingerprint density at radius 2 is 1.65 bits per heavy atom. The van der Waals surface area contributed by atoms with Crippen molar-refractivity contribution in [1.82, 2.24) is 8.61 Å². The number of carbonyl (C=O) groups is 1. The zero-order chi connectivity index (χ0) is 26.7. The Labute approximate surface area is 218 Å². The summed E-state index contributed by atoms with van der Waals surface area (Å²) in [6.45, 7) is 30.5. The van der Waals surface area contributed by atoms with Crippen molar-refractivity contribution < 1.29 is 14.3 Å². The quantitative estimate of drug-likeness (QED) is 0.121. The van der Waals surface area contributed by atoms with E-state index in [1.54, 1.807) is 6.92 Å². The molecular formula is C27H52N2O3S2. The molecular weight excluding hydrogens is 464 g/mol. The lowest BCUT2D eigenvalue weighted by Gasteiger charge is -2.54. The molecule has 1 saturated heterocycles. The number of rotatable bonds is 11. The highest BCUT2D eigenvalue weighted by molar-refractivity contribution is 8.74. The zero-order valence-corrected chi connectivity index (χ0v) is 25.8. The highest BCUT2D eigenvalue weighted by Crippen LogP contribution is 2.51. The Morgan fingerprint density at radius 1 is 1.15 bits per heavy atom. The van der Waals surface area contributed by atoms with Crippen LogP contribution in [0.5, 0.6) is 0 Å². The summed E-state index contributed by atoms with van der Waals surface area (Å²) in [6.07, 6.45) is 3.68. The van der Waals surface area contributed by atoms with Crippen LogP contribution in [0.3, 0.4) is 0 Å². The highest BCUT2D eigenvalue weighted by Gasteiger charge is 2.48. The first kappa shape index (κ1) is 31.8. The molecule has 0 N–H and O–H groups in total. The maximum Gasteiger partial charge on any atom is 0.333 e. The second-order valence-electron chi connectivity index (χ2n) is 12.9. The SMILES string of the molecule is C=C(C)C(=O)OC(CC)CC(C)(C)N(SSN1C(C)(C)CC(OC)CC1(C)C)C(C)C(C)(C)C. The summed E-state index contributed by atoms with van der Waals surface area (Å²) in [6, 6.07) is 0.303. The van der Waals surface area contributed by atoms with Crippen LogP contribution in [0, 0.1) is 5.41 Å². The lowest BCUT2D eigenvalue weighted by molar-refractivity contribution is -0.145. The summed E-state index contributed by atoms with van der Waals surface area (Å²) < 4.78 is 16.7. The highest BCUT2D eigenvalue weighted by atomic mass is 33.1. The first-order chi connectivity index (χ1) is 15.3. The van der Waals surface area contributed by atoms with Gasteiger partial charge in [0.1, 0.15) is 6.10 Å². The van der Waals surface area contributed by atoms with Gasteiger partial charge in [0.05, 0.1) is 6.10 Å². The zero-order valence-electron chi connectivity index (χ0n) is 24.2. The number of esters is 1. The van der Waals surface area contributed by atoms with Gasteiger partial charge in [-0.05, 0) is 80.1 Å². The molecule has 0 spiro atoms. The average molecular weight is 517 g/mol. The molecule has 0 aromatic rings. The minimum atomic E-state index is -0.301. The van der Waals surface area contributed by atoms with Crippen LogP contribution in [0.1, 0.15) is 109 Å². The predicted octanol–water partition coefficient (Wildman–Crippen LogP) is 7.67. The largest absolute Gasteiger partial charge is 0.459 e. The Morgan fingerprint density at radius 3 is 2.03 bits per heavy atom. The molecule has 1 fully saturated rings.